The minimum atomic E-state index is -0.149. The van der Waals surface area contributed by atoms with E-state index in [9.17, 15) is 9.59 Å². The van der Waals surface area contributed by atoms with E-state index in [1.165, 1.54) is 6.92 Å². The molecule has 2 amide bonds. The number of carbonyl (C=O) groups excluding carboxylic acids is 2. The molecule has 2 aromatic rings. The average Bonchev–Trinajstić information content (AvgIpc) is 2.55. The van der Waals surface area contributed by atoms with Gasteiger partial charge in [0, 0.05) is 37.1 Å². The van der Waals surface area contributed by atoms with Gasteiger partial charge in [-0.05, 0) is 42.3 Å². The number of pyridine rings is 1. The van der Waals surface area contributed by atoms with Crippen LogP contribution in [0.2, 0.25) is 0 Å². The van der Waals surface area contributed by atoms with Crippen LogP contribution in [0.4, 0.5) is 5.69 Å². The predicted molar refractivity (Wildman–Crippen MR) is 87.6 cm³/mol. The molecule has 0 spiro atoms. The lowest BCUT2D eigenvalue weighted by atomic mass is 10.1. The van der Waals surface area contributed by atoms with Gasteiger partial charge in [-0.25, -0.2) is 0 Å². The van der Waals surface area contributed by atoms with Crippen molar-refractivity contribution in [3.63, 3.8) is 0 Å². The highest BCUT2D eigenvalue weighted by Crippen LogP contribution is 2.23. The van der Waals surface area contributed by atoms with Gasteiger partial charge in [-0.1, -0.05) is 0 Å². The van der Waals surface area contributed by atoms with E-state index in [0.717, 1.165) is 11.3 Å². The fourth-order valence-electron chi connectivity index (χ4n) is 2.17. The first-order valence-electron chi connectivity index (χ1n) is 7.23. The van der Waals surface area contributed by atoms with E-state index in [4.69, 9.17) is 4.74 Å². The van der Waals surface area contributed by atoms with E-state index in [-0.39, 0.29) is 11.8 Å². The maximum Gasteiger partial charge on any atom is 0.251 e. The van der Waals surface area contributed by atoms with E-state index in [0.29, 0.717) is 24.2 Å². The maximum absolute atomic E-state index is 12.0. The number of nitrogens with one attached hydrogen (secondary N) is 2. The van der Waals surface area contributed by atoms with Crippen LogP contribution in [-0.4, -0.2) is 30.5 Å². The zero-order valence-corrected chi connectivity index (χ0v) is 13.1. The zero-order valence-electron chi connectivity index (χ0n) is 13.1. The number of benzene rings is 1. The Balaban J connectivity index is 1.99. The molecule has 0 unspecified atom stereocenters. The highest BCUT2D eigenvalue weighted by Gasteiger charge is 2.08. The van der Waals surface area contributed by atoms with Crippen molar-refractivity contribution in [3.8, 4) is 5.75 Å². The van der Waals surface area contributed by atoms with Crippen molar-refractivity contribution in [3.05, 3.63) is 53.9 Å². The fraction of sp³-hybridized carbons (Fsp3) is 0.235. The van der Waals surface area contributed by atoms with Gasteiger partial charge < -0.3 is 15.4 Å². The summed E-state index contributed by atoms with van der Waals surface area (Å²) in [7, 11) is 1.59. The van der Waals surface area contributed by atoms with Crippen molar-refractivity contribution in [2.24, 2.45) is 0 Å². The molecule has 6 heteroatoms. The minimum absolute atomic E-state index is 0.132. The molecule has 2 N–H and O–H groups in total. The Kier molecular flexibility index (Phi) is 5.68. The first-order valence-corrected chi connectivity index (χ1v) is 7.23. The third kappa shape index (κ3) is 4.81. The number of rotatable bonds is 6. The molecule has 0 saturated carbocycles. The zero-order chi connectivity index (χ0) is 16.7. The summed E-state index contributed by atoms with van der Waals surface area (Å²) in [6.07, 6.45) is 3.75. The summed E-state index contributed by atoms with van der Waals surface area (Å²) in [5.74, 6) is 0.439. The van der Waals surface area contributed by atoms with Crippen molar-refractivity contribution >= 4 is 17.5 Å². The number of aromatic nitrogens is 1. The van der Waals surface area contributed by atoms with E-state index < -0.39 is 0 Å². The third-order valence-corrected chi connectivity index (χ3v) is 3.22. The van der Waals surface area contributed by atoms with E-state index in [1.807, 2.05) is 6.07 Å². The monoisotopic (exact) mass is 313 g/mol. The molecule has 2 rings (SSSR count). The highest BCUT2D eigenvalue weighted by atomic mass is 16.5. The number of anilines is 1. The van der Waals surface area contributed by atoms with Crippen LogP contribution in [0.1, 0.15) is 22.8 Å². The summed E-state index contributed by atoms with van der Waals surface area (Å²) in [4.78, 5) is 27.0. The predicted octanol–water partition coefficient (Wildman–Crippen LogP) is 2.02. The molecule has 0 atom stereocenters. The maximum atomic E-state index is 12.0. The number of nitrogens with zero attached hydrogens (tertiary/aromatic N) is 1. The number of hydrogen-bond donors (Lipinski definition) is 2. The fourth-order valence-corrected chi connectivity index (χ4v) is 2.17. The minimum Gasteiger partial charge on any atom is -0.496 e. The molecular formula is C17H19N3O3. The van der Waals surface area contributed by atoms with Gasteiger partial charge in [-0.3, -0.25) is 14.6 Å². The van der Waals surface area contributed by atoms with Crippen LogP contribution in [0.25, 0.3) is 0 Å². The Hall–Kier alpha value is -2.89. The van der Waals surface area contributed by atoms with Crippen molar-refractivity contribution in [2.45, 2.75) is 13.3 Å². The Morgan fingerprint density at radius 3 is 2.57 bits per heavy atom. The van der Waals surface area contributed by atoms with Gasteiger partial charge >= 0.3 is 0 Å². The normalized spacial score (nSPS) is 10.0. The summed E-state index contributed by atoms with van der Waals surface area (Å²) >= 11 is 0. The second-order valence-electron chi connectivity index (χ2n) is 4.95. The van der Waals surface area contributed by atoms with E-state index in [2.05, 4.69) is 15.6 Å². The summed E-state index contributed by atoms with van der Waals surface area (Å²) in [5, 5.41) is 5.58. The van der Waals surface area contributed by atoms with E-state index in [1.54, 1.807) is 43.8 Å². The molecule has 6 nitrogen and oxygen atoms in total. The summed E-state index contributed by atoms with van der Waals surface area (Å²) in [5.41, 5.74) is 2.18. The van der Waals surface area contributed by atoms with Gasteiger partial charge in [-0.15, -0.1) is 0 Å². The van der Waals surface area contributed by atoms with Gasteiger partial charge in [-0.2, -0.15) is 0 Å². The standard InChI is InChI=1S/C17H19N3O3/c1-12(21)20-15-3-4-16(23-2)14(11-15)7-10-19-17(22)13-5-8-18-9-6-13/h3-6,8-9,11H,7,10H2,1-2H3,(H,19,22)(H,20,21). The molecular weight excluding hydrogens is 294 g/mol. The first kappa shape index (κ1) is 16.5. The molecule has 0 radical (unpaired) electrons. The second-order valence-corrected chi connectivity index (χ2v) is 4.95. The lowest BCUT2D eigenvalue weighted by Gasteiger charge is -2.12. The summed E-state index contributed by atoms with van der Waals surface area (Å²) < 4.78 is 5.31. The van der Waals surface area contributed by atoms with Gasteiger partial charge in [0.05, 0.1) is 7.11 Å². The Bertz CT molecular complexity index is 687. The number of methoxy groups -OCH3 is 1. The molecule has 0 aliphatic carbocycles. The second kappa shape index (κ2) is 7.93. The molecule has 0 saturated heterocycles. The van der Waals surface area contributed by atoms with Gasteiger partial charge in [0.25, 0.3) is 5.91 Å². The number of amides is 2. The number of ether oxygens (including phenoxy) is 1. The van der Waals surface area contributed by atoms with Crippen LogP contribution in [0, 0.1) is 0 Å². The number of carbonyl (C=O) groups is 2. The van der Waals surface area contributed by atoms with Crippen LogP contribution in [0.5, 0.6) is 5.75 Å². The average molecular weight is 313 g/mol. The third-order valence-electron chi connectivity index (χ3n) is 3.22. The molecule has 0 fully saturated rings. The largest absolute Gasteiger partial charge is 0.496 e. The van der Waals surface area contributed by atoms with Crippen LogP contribution >= 0.6 is 0 Å². The molecule has 1 aromatic carbocycles. The van der Waals surface area contributed by atoms with Gasteiger partial charge in [0.1, 0.15) is 5.75 Å². The molecule has 120 valence electrons. The molecule has 1 heterocycles. The van der Waals surface area contributed by atoms with Crippen molar-refractivity contribution in [2.75, 3.05) is 19.0 Å². The molecule has 0 aliphatic heterocycles. The lowest BCUT2D eigenvalue weighted by Crippen LogP contribution is -2.25. The smallest absolute Gasteiger partial charge is 0.251 e. The Morgan fingerprint density at radius 2 is 1.91 bits per heavy atom. The van der Waals surface area contributed by atoms with Gasteiger partial charge in [0.15, 0.2) is 0 Å². The molecule has 23 heavy (non-hydrogen) atoms. The van der Waals surface area contributed by atoms with Crippen molar-refractivity contribution < 1.29 is 14.3 Å². The molecule has 1 aromatic heterocycles. The van der Waals surface area contributed by atoms with Crippen LogP contribution < -0.4 is 15.4 Å². The number of hydrogen-bond acceptors (Lipinski definition) is 4. The topological polar surface area (TPSA) is 80.3 Å². The van der Waals surface area contributed by atoms with Crippen LogP contribution in [0.15, 0.2) is 42.7 Å². The SMILES string of the molecule is COc1ccc(NC(C)=O)cc1CCNC(=O)c1ccncc1. The quantitative estimate of drug-likeness (QED) is 0.855. The summed E-state index contributed by atoms with van der Waals surface area (Å²) in [6.45, 7) is 1.92. The molecule has 0 bridgehead atoms. The Labute approximate surface area is 134 Å². The van der Waals surface area contributed by atoms with E-state index >= 15 is 0 Å². The van der Waals surface area contributed by atoms with Crippen LogP contribution in [0.3, 0.4) is 0 Å². The summed E-state index contributed by atoms with van der Waals surface area (Å²) in [6, 6.07) is 8.74. The first-order chi connectivity index (χ1) is 11.1. The van der Waals surface area contributed by atoms with Crippen LogP contribution in [-0.2, 0) is 11.2 Å². The van der Waals surface area contributed by atoms with Gasteiger partial charge in [0.2, 0.25) is 5.91 Å². The molecule has 0 aliphatic rings. The Morgan fingerprint density at radius 1 is 1.17 bits per heavy atom. The lowest BCUT2D eigenvalue weighted by molar-refractivity contribution is -0.114. The van der Waals surface area contributed by atoms with Crippen molar-refractivity contribution in [1.29, 1.82) is 0 Å². The highest BCUT2D eigenvalue weighted by molar-refractivity contribution is 5.94. The van der Waals surface area contributed by atoms with Crippen molar-refractivity contribution in [1.82, 2.24) is 10.3 Å².